The molecule has 39 heavy (non-hydrogen) atoms. The topological polar surface area (TPSA) is 78.6 Å². The van der Waals surface area contributed by atoms with E-state index in [9.17, 15) is 9.59 Å². The molecule has 0 unspecified atom stereocenters. The largest absolute Gasteiger partial charge is 0.487 e. The fourth-order valence-electron chi connectivity index (χ4n) is 4.86. The van der Waals surface area contributed by atoms with Gasteiger partial charge in [-0.05, 0) is 57.9 Å². The van der Waals surface area contributed by atoms with Crippen molar-refractivity contribution in [2.24, 2.45) is 7.05 Å². The van der Waals surface area contributed by atoms with Gasteiger partial charge in [0.25, 0.3) is 5.56 Å². The van der Waals surface area contributed by atoms with E-state index in [0.717, 1.165) is 35.0 Å². The Kier molecular flexibility index (Phi) is 7.35. The van der Waals surface area contributed by atoms with Crippen LogP contribution in [0.1, 0.15) is 44.1 Å². The highest BCUT2D eigenvalue weighted by atomic mass is 35.5. The molecule has 0 radical (unpaired) electrons. The van der Waals surface area contributed by atoms with Crippen molar-refractivity contribution < 1.29 is 14.3 Å². The molecule has 1 aliphatic rings. The van der Waals surface area contributed by atoms with Crippen LogP contribution in [0.15, 0.2) is 53.6 Å². The summed E-state index contributed by atoms with van der Waals surface area (Å²) in [6, 6.07) is 10.7. The number of benzene rings is 1. The highest BCUT2D eigenvalue weighted by molar-refractivity contribution is 6.34. The van der Waals surface area contributed by atoms with E-state index in [1.807, 2.05) is 46.0 Å². The molecule has 4 aromatic rings. The van der Waals surface area contributed by atoms with Crippen LogP contribution in [0.25, 0.3) is 16.6 Å². The summed E-state index contributed by atoms with van der Waals surface area (Å²) in [5, 5.41) is 1.91. The lowest BCUT2D eigenvalue weighted by Crippen LogP contribution is -2.36. The third kappa shape index (κ3) is 5.77. The second kappa shape index (κ2) is 10.6. The van der Waals surface area contributed by atoms with Gasteiger partial charge >= 0.3 is 6.09 Å². The van der Waals surface area contributed by atoms with E-state index in [0.29, 0.717) is 34.6 Å². The van der Waals surface area contributed by atoms with Gasteiger partial charge in [-0.1, -0.05) is 29.3 Å². The lowest BCUT2D eigenvalue weighted by molar-refractivity contribution is 0.0237. The van der Waals surface area contributed by atoms with Crippen molar-refractivity contribution in [3.63, 3.8) is 0 Å². The van der Waals surface area contributed by atoms with Crippen molar-refractivity contribution in [3.05, 3.63) is 86.1 Å². The van der Waals surface area contributed by atoms with Crippen molar-refractivity contribution in [2.75, 3.05) is 6.54 Å². The van der Waals surface area contributed by atoms with Gasteiger partial charge in [-0.25, -0.2) is 4.79 Å². The number of hydrogen-bond acceptors (Lipinski definition) is 5. The third-order valence-electron chi connectivity index (χ3n) is 6.69. The number of aryl methyl sites for hydroxylation is 1. The van der Waals surface area contributed by atoms with Gasteiger partial charge in [-0.15, -0.1) is 0 Å². The zero-order chi connectivity index (χ0) is 27.9. The Hall–Kier alpha value is -3.49. The predicted molar refractivity (Wildman–Crippen MR) is 152 cm³/mol. The Morgan fingerprint density at radius 1 is 1.13 bits per heavy atom. The standard InChI is InChI=1S/C29H30Cl2N4O4/c1-29(2,3)39-28(37)34-10-5-6-25-22(16-34)21-8-7-19(13-26(21)33(25)4)35-11-9-20(14-27(35)36)38-17-24-23(31)12-18(30)15-32-24/h7-9,11-15H,5-6,10,16-17H2,1-4H3. The van der Waals surface area contributed by atoms with Crippen molar-refractivity contribution in [1.29, 1.82) is 0 Å². The van der Waals surface area contributed by atoms with Gasteiger partial charge in [0, 0.05) is 48.7 Å². The molecule has 4 heterocycles. The number of carbonyl (C=O) groups excluding carboxylic acids is 1. The Bertz CT molecular complexity index is 1620. The maximum Gasteiger partial charge on any atom is 0.410 e. The van der Waals surface area contributed by atoms with Crippen molar-refractivity contribution in [1.82, 2.24) is 19.0 Å². The van der Waals surface area contributed by atoms with Gasteiger partial charge in [-0.2, -0.15) is 0 Å². The van der Waals surface area contributed by atoms with Crippen LogP contribution in [0.3, 0.4) is 0 Å². The van der Waals surface area contributed by atoms with E-state index in [4.69, 9.17) is 32.7 Å². The number of carbonyl (C=O) groups is 1. The van der Waals surface area contributed by atoms with Gasteiger partial charge < -0.3 is 18.9 Å². The zero-order valence-corrected chi connectivity index (χ0v) is 23.8. The van der Waals surface area contributed by atoms with Crippen molar-refractivity contribution in [2.45, 2.75) is 52.4 Å². The smallest absolute Gasteiger partial charge is 0.410 e. The molecule has 0 spiro atoms. The van der Waals surface area contributed by atoms with E-state index < -0.39 is 5.60 Å². The molecule has 1 aliphatic heterocycles. The summed E-state index contributed by atoms with van der Waals surface area (Å²) in [5.74, 6) is 0.415. The number of rotatable bonds is 4. The molecule has 5 rings (SSSR count). The first kappa shape index (κ1) is 27.1. The molecular weight excluding hydrogens is 539 g/mol. The first-order chi connectivity index (χ1) is 18.5. The van der Waals surface area contributed by atoms with Crippen LogP contribution in [0.2, 0.25) is 10.0 Å². The second-order valence-electron chi connectivity index (χ2n) is 10.6. The molecule has 1 aromatic carbocycles. The van der Waals surface area contributed by atoms with Gasteiger partial charge in [0.05, 0.1) is 33.5 Å². The SMILES string of the molecule is Cn1c2c(c3ccc(-n4ccc(OCc5ncc(Cl)cc5Cl)cc4=O)cc31)CN(C(=O)OC(C)(C)C)CCC2. The van der Waals surface area contributed by atoms with E-state index in [1.165, 1.54) is 18.0 Å². The molecular formula is C29H30Cl2N4O4. The van der Waals surface area contributed by atoms with E-state index >= 15 is 0 Å². The van der Waals surface area contributed by atoms with Gasteiger partial charge in [0.1, 0.15) is 18.0 Å². The molecule has 204 valence electrons. The average Bonchev–Trinajstić information content (AvgIpc) is 3.00. The minimum atomic E-state index is -0.548. The van der Waals surface area contributed by atoms with Crippen LogP contribution in [0, 0.1) is 0 Å². The fourth-order valence-corrected chi connectivity index (χ4v) is 5.29. The number of nitrogens with zero attached hydrogens (tertiary/aromatic N) is 4. The number of ether oxygens (including phenoxy) is 2. The van der Waals surface area contributed by atoms with Crippen LogP contribution in [0.5, 0.6) is 5.75 Å². The molecule has 0 aliphatic carbocycles. The molecule has 0 saturated carbocycles. The van der Waals surface area contributed by atoms with E-state index in [2.05, 4.69) is 9.55 Å². The van der Waals surface area contributed by atoms with Crippen LogP contribution in [-0.4, -0.2) is 37.3 Å². The predicted octanol–water partition coefficient (Wildman–Crippen LogP) is 6.29. The number of pyridine rings is 2. The highest BCUT2D eigenvalue weighted by Gasteiger charge is 2.27. The highest BCUT2D eigenvalue weighted by Crippen LogP contribution is 2.32. The molecule has 0 atom stereocenters. The molecule has 0 fully saturated rings. The van der Waals surface area contributed by atoms with Crippen LogP contribution >= 0.6 is 23.2 Å². The van der Waals surface area contributed by atoms with Gasteiger partial charge in [0.2, 0.25) is 0 Å². The first-order valence-electron chi connectivity index (χ1n) is 12.7. The number of aromatic nitrogens is 3. The summed E-state index contributed by atoms with van der Waals surface area (Å²) in [4.78, 5) is 31.8. The summed E-state index contributed by atoms with van der Waals surface area (Å²) in [5.41, 5.74) is 3.80. The summed E-state index contributed by atoms with van der Waals surface area (Å²) in [6.07, 6.45) is 4.59. The Morgan fingerprint density at radius 3 is 2.64 bits per heavy atom. The second-order valence-corrected chi connectivity index (χ2v) is 11.5. The van der Waals surface area contributed by atoms with E-state index in [-0.39, 0.29) is 18.3 Å². The molecule has 1 amide bonds. The number of fused-ring (bicyclic) bond motifs is 3. The monoisotopic (exact) mass is 568 g/mol. The normalized spacial score (nSPS) is 13.7. The van der Waals surface area contributed by atoms with Gasteiger partial charge in [0.15, 0.2) is 0 Å². The maximum atomic E-state index is 13.0. The van der Waals surface area contributed by atoms with Crippen molar-refractivity contribution >= 4 is 40.2 Å². The summed E-state index contributed by atoms with van der Waals surface area (Å²) in [7, 11) is 2.03. The quantitative estimate of drug-likeness (QED) is 0.289. The van der Waals surface area contributed by atoms with Crippen LogP contribution in [0.4, 0.5) is 4.79 Å². The van der Waals surface area contributed by atoms with E-state index in [1.54, 1.807) is 27.8 Å². The fraction of sp³-hybridized carbons (Fsp3) is 0.345. The van der Waals surface area contributed by atoms with Gasteiger partial charge in [-0.3, -0.25) is 14.3 Å². The molecule has 0 saturated heterocycles. The number of hydrogen-bond donors (Lipinski definition) is 0. The van der Waals surface area contributed by atoms with Crippen LogP contribution in [-0.2, 0) is 31.4 Å². The maximum absolute atomic E-state index is 13.0. The molecule has 0 bridgehead atoms. The lowest BCUT2D eigenvalue weighted by atomic mass is 10.1. The number of amides is 1. The van der Waals surface area contributed by atoms with Crippen molar-refractivity contribution in [3.8, 4) is 11.4 Å². The van der Waals surface area contributed by atoms with Crippen LogP contribution < -0.4 is 10.3 Å². The molecule has 0 N–H and O–H groups in total. The Balaban J connectivity index is 1.40. The average molecular weight is 569 g/mol. The Morgan fingerprint density at radius 2 is 1.92 bits per heavy atom. The summed E-state index contributed by atoms with van der Waals surface area (Å²) >= 11 is 12.1. The third-order valence-corrected chi connectivity index (χ3v) is 7.23. The lowest BCUT2D eigenvalue weighted by Gasteiger charge is -2.26. The Labute approximate surface area is 236 Å². The minimum Gasteiger partial charge on any atom is -0.487 e. The summed E-state index contributed by atoms with van der Waals surface area (Å²) < 4.78 is 15.1. The molecule has 10 heteroatoms. The molecule has 8 nitrogen and oxygen atoms in total. The zero-order valence-electron chi connectivity index (χ0n) is 22.3. The number of halogens is 2. The summed E-state index contributed by atoms with van der Waals surface area (Å²) in [6.45, 7) is 6.87. The minimum absolute atomic E-state index is 0.112. The molecule has 3 aromatic heterocycles. The first-order valence-corrected chi connectivity index (χ1v) is 13.5.